The van der Waals surface area contributed by atoms with Gasteiger partial charge in [0.1, 0.15) is 0 Å². The number of aromatic nitrogens is 1. The zero-order chi connectivity index (χ0) is 22.6. The van der Waals surface area contributed by atoms with E-state index in [1.165, 1.54) is 12.1 Å². The summed E-state index contributed by atoms with van der Waals surface area (Å²) in [7, 11) is 0. The summed E-state index contributed by atoms with van der Waals surface area (Å²) in [5.74, 6) is -0.365. The molecule has 1 fully saturated rings. The molecule has 9 heteroatoms. The first kappa shape index (κ1) is 21.4. The Kier molecular flexibility index (Phi) is 5.22. The van der Waals surface area contributed by atoms with Gasteiger partial charge in [-0.3, -0.25) is 0 Å². The molecule has 0 bridgehead atoms. The van der Waals surface area contributed by atoms with Crippen molar-refractivity contribution >= 4 is 31.7 Å². The predicted octanol–water partition coefficient (Wildman–Crippen LogP) is 3.61. The Morgan fingerprint density at radius 3 is 2.84 bits per heavy atom. The van der Waals surface area contributed by atoms with Crippen LogP contribution in [0.25, 0.3) is 0 Å². The molecule has 0 aliphatic carbocycles. The van der Waals surface area contributed by atoms with Crippen LogP contribution in [-0.2, 0) is 21.2 Å². The molecule has 0 radical (unpaired) electrons. The zero-order valence-electron chi connectivity index (χ0n) is 18.2. The van der Waals surface area contributed by atoms with Gasteiger partial charge in [0.2, 0.25) is 0 Å². The number of nitrogens with zero attached hydrogens (tertiary/aromatic N) is 4. The van der Waals surface area contributed by atoms with Gasteiger partial charge in [0.15, 0.2) is 0 Å². The van der Waals surface area contributed by atoms with Gasteiger partial charge in [0.25, 0.3) is 0 Å². The number of hydrogen-bond acceptors (Lipinski definition) is 6. The molecule has 3 aliphatic rings. The van der Waals surface area contributed by atoms with E-state index in [0.29, 0.717) is 18.7 Å². The van der Waals surface area contributed by atoms with Gasteiger partial charge in [-0.25, -0.2) is 0 Å². The number of likely N-dealkylation sites (tertiary alicyclic amines) is 1. The number of carbonyl (C=O) groups is 1. The summed E-state index contributed by atoms with van der Waals surface area (Å²) in [5, 5.41) is 10.8. The number of piperidine rings is 1. The molecule has 0 spiro atoms. The normalized spacial score (nSPS) is 20.2. The number of anilines is 3. The van der Waals surface area contributed by atoms with E-state index in [1.807, 2.05) is 33.0 Å². The van der Waals surface area contributed by atoms with Crippen LogP contribution in [-0.4, -0.2) is 54.4 Å². The Hall–Kier alpha value is -2.49. The number of aliphatic hydroxyl groups is 1. The first-order valence-electron chi connectivity index (χ1n) is 10.6. The number of amides is 1. The van der Waals surface area contributed by atoms with E-state index in [-0.39, 0.29) is 22.2 Å². The van der Waals surface area contributed by atoms with E-state index >= 15 is 0 Å². The number of pyridine rings is 1. The summed E-state index contributed by atoms with van der Waals surface area (Å²) in [5.41, 5.74) is 2.69. The van der Waals surface area contributed by atoms with Gasteiger partial charge in [-0.05, 0) is 0 Å². The molecule has 1 atom stereocenters. The molecule has 1 amide bonds. The number of fused-ring (bicyclic) bond motifs is 5. The number of rotatable bonds is 1. The van der Waals surface area contributed by atoms with Crippen LogP contribution in [0, 0.1) is 5.82 Å². The predicted molar refractivity (Wildman–Crippen MR) is 117 cm³/mol. The summed E-state index contributed by atoms with van der Waals surface area (Å²) < 4.78 is 20.8. The molecule has 5 rings (SSSR count). The van der Waals surface area contributed by atoms with Crippen LogP contribution < -0.4 is 9.80 Å². The molecule has 7 nitrogen and oxygen atoms in total. The number of ether oxygens (including phenoxy) is 1. The third-order valence-electron chi connectivity index (χ3n) is 5.64. The van der Waals surface area contributed by atoms with Crippen LogP contribution in [0.15, 0.2) is 36.7 Å². The molecule has 1 aromatic carbocycles. The molecule has 3 aliphatic heterocycles. The standard InChI is InChI=1S/C23H25FN4O3.Os/c1-23(2,3)31-22(30)26-10-4-5-18(13-26)27-15-28(21-12-25-9-8-20(21)27)19-7-6-17(24)11-16(19)14-29;/h6-9,11-12,18,29H,4-5,10,13H2,1-3H3;. The molecule has 1 aromatic heterocycles. The summed E-state index contributed by atoms with van der Waals surface area (Å²) in [4.78, 5) is 23.2. The Morgan fingerprint density at radius 1 is 1.25 bits per heavy atom. The zero-order valence-corrected chi connectivity index (χ0v) is 20.7. The van der Waals surface area contributed by atoms with E-state index in [4.69, 9.17) is 4.74 Å². The van der Waals surface area contributed by atoms with Gasteiger partial charge in [-0.2, -0.15) is 0 Å². The van der Waals surface area contributed by atoms with Gasteiger partial charge in [0.05, 0.1) is 0 Å². The fraction of sp³-hybridized carbons (Fsp3) is 0.391. The topological polar surface area (TPSA) is 69.1 Å². The van der Waals surface area contributed by atoms with Gasteiger partial charge >= 0.3 is 193 Å². The summed E-state index contributed by atoms with van der Waals surface area (Å²) in [6, 6.07) is 6.56. The first-order valence-corrected chi connectivity index (χ1v) is 13.1. The van der Waals surface area contributed by atoms with E-state index in [9.17, 15) is 14.3 Å². The van der Waals surface area contributed by atoms with Crippen molar-refractivity contribution in [3.8, 4) is 0 Å². The van der Waals surface area contributed by atoms with Gasteiger partial charge in [0, 0.05) is 0 Å². The number of carbonyl (C=O) groups excluding carboxylic acids is 1. The van der Waals surface area contributed by atoms with E-state index in [1.54, 1.807) is 17.2 Å². The monoisotopic (exact) mass is 616 g/mol. The summed E-state index contributed by atoms with van der Waals surface area (Å²) >= 11 is -1.27. The Morgan fingerprint density at radius 2 is 2.06 bits per heavy atom. The van der Waals surface area contributed by atoms with E-state index in [2.05, 4.69) is 14.8 Å². The second-order valence-corrected chi connectivity index (χ2v) is 12.1. The fourth-order valence-electron chi connectivity index (χ4n) is 4.35. The maximum absolute atomic E-state index is 13.9. The third-order valence-corrected chi connectivity index (χ3v) is 8.68. The molecular weight excluding hydrogens is 590 g/mol. The molecule has 32 heavy (non-hydrogen) atoms. The van der Waals surface area contributed by atoms with Crippen molar-refractivity contribution < 1.29 is 35.5 Å². The Balaban J connectivity index is 1.55. The molecule has 1 saturated heterocycles. The Labute approximate surface area is 193 Å². The summed E-state index contributed by atoms with van der Waals surface area (Å²) in [6.45, 7) is 6.82. The van der Waals surface area contributed by atoms with Crippen LogP contribution in [0.5, 0.6) is 0 Å². The van der Waals surface area contributed by atoms with Crippen LogP contribution >= 0.6 is 0 Å². The number of hydrogen-bond donors (Lipinski definition) is 1. The van der Waals surface area contributed by atoms with E-state index < -0.39 is 22.1 Å². The molecule has 1 unspecified atom stereocenters. The average molecular weight is 615 g/mol. The van der Waals surface area contributed by atoms with Crippen LogP contribution in [0.2, 0.25) is 0 Å². The Bertz CT molecular complexity index is 1170. The molecule has 2 aromatic rings. The van der Waals surface area contributed by atoms with E-state index in [0.717, 1.165) is 34.2 Å². The van der Waals surface area contributed by atoms with Gasteiger partial charge in [-0.15, -0.1) is 0 Å². The van der Waals surface area contributed by atoms with Crippen molar-refractivity contribution in [2.75, 3.05) is 22.9 Å². The number of aliphatic hydroxyl groups excluding tert-OH is 1. The number of benzene rings is 1. The van der Waals surface area contributed by atoms with Crippen molar-refractivity contribution in [2.24, 2.45) is 0 Å². The van der Waals surface area contributed by atoms with Crippen molar-refractivity contribution in [1.82, 2.24) is 9.88 Å². The minimum atomic E-state index is -1.27. The summed E-state index contributed by atoms with van der Waals surface area (Å²) in [6.07, 6.45) is 5.06. The minimum absolute atomic E-state index is 0.0553. The maximum atomic E-state index is 13.9. The second kappa shape index (κ2) is 7.82. The molecule has 4 heterocycles. The van der Waals surface area contributed by atoms with Gasteiger partial charge in [-0.1, -0.05) is 0 Å². The SMILES string of the molecule is CC(C)(C)OC(=O)N1CCCC(N2[C]3=[Os]=[C](O)c4cc(F)ccc4N3c3cnccc32)C1. The first-order chi connectivity index (χ1) is 15.2. The van der Waals surface area contributed by atoms with Crippen molar-refractivity contribution in [1.29, 1.82) is 0 Å². The second-order valence-electron chi connectivity index (χ2n) is 9.08. The molecule has 0 saturated carbocycles. The molecule has 170 valence electrons. The van der Waals surface area contributed by atoms with Crippen molar-refractivity contribution in [3.63, 3.8) is 0 Å². The number of halogens is 1. The molecular formula is C23H25FN4O3Os. The van der Waals surface area contributed by atoms with Crippen LogP contribution in [0.1, 0.15) is 39.2 Å². The third kappa shape index (κ3) is 3.68. The van der Waals surface area contributed by atoms with Crippen LogP contribution in [0.4, 0.5) is 26.2 Å². The van der Waals surface area contributed by atoms with Crippen LogP contribution in [0.3, 0.4) is 0 Å². The average Bonchev–Trinajstić information content (AvgIpc) is 3.07. The van der Waals surface area contributed by atoms with Gasteiger partial charge < -0.3 is 0 Å². The van der Waals surface area contributed by atoms with Crippen molar-refractivity contribution in [2.45, 2.75) is 45.3 Å². The van der Waals surface area contributed by atoms with Crippen molar-refractivity contribution in [3.05, 3.63) is 48.0 Å². The molecule has 1 N–H and O–H groups in total. The quantitative estimate of drug-likeness (QED) is 0.530. The fourth-order valence-corrected chi connectivity index (χ4v) is 7.71.